The summed E-state index contributed by atoms with van der Waals surface area (Å²) in [7, 11) is 0. The minimum atomic E-state index is -0.298. The molecule has 0 fully saturated rings. The van der Waals surface area contributed by atoms with E-state index in [1.165, 1.54) is 94.1 Å². The van der Waals surface area contributed by atoms with Crippen LogP contribution in [0.1, 0.15) is 104 Å². The molecule has 13 rings (SSSR count). The average Bonchev–Trinajstić information content (AvgIpc) is 3.83. The maximum atomic E-state index is 9.45. The molecule has 8 aromatic carbocycles. The highest BCUT2D eigenvalue weighted by Crippen LogP contribution is 2.57. The number of hydrogen-bond acceptors (Lipinski definition) is 2. The second kappa shape index (κ2) is 13.0. The number of aromatic nitrogens is 1. The molecule has 0 atom stereocenters. The van der Waals surface area contributed by atoms with Gasteiger partial charge in [0.2, 0.25) is 0 Å². The average molecular weight is 856 g/mol. The summed E-state index contributed by atoms with van der Waals surface area (Å²) in [5, 5.41) is 2.48. The second-order valence-electron chi connectivity index (χ2n) is 22.5. The summed E-state index contributed by atoms with van der Waals surface area (Å²) in [5.41, 5.74) is 22.8. The molecular formula is C62H55BN2O. The summed E-state index contributed by atoms with van der Waals surface area (Å²) in [6.45, 7) is 23.2. The third-order valence-corrected chi connectivity index (χ3v) is 15.9. The fourth-order valence-electron chi connectivity index (χ4n) is 12.4. The van der Waals surface area contributed by atoms with Crippen molar-refractivity contribution in [1.29, 1.82) is 0 Å². The zero-order valence-corrected chi connectivity index (χ0v) is 39.7. The lowest BCUT2D eigenvalue weighted by atomic mass is 9.33. The minimum Gasteiger partial charge on any atom is -0.458 e. The summed E-state index contributed by atoms with van der Waals surface area (Å²) in [6.07, 6.45) is 0. The molecule has 9 aromatic rings. The second-order valence-corrected chi connectivity index (χ2v) is 22.5. The Kier molecular flexibility index (Phi) is 7.57. The predicted molar refractivity (Wildman–Crippen MR) is 279 cm³/mol. The molecule has 2 aliphatic carbocycles. The lowest BCUT2D eigenvalue weighted by Gasteiger charge is -2.42. The van der Waals surface area contributed by atoms with Gasteiger partial charge in [0.25, 0.3) is 6.71 Å². The van der Waals surface area contributed by atoms with E-state index < -0.39 is 0 Å². The van der Waals surface area contributed by atoms with Crippen LogP contribution >= 0.6 is 0 Å². The van der Waals surface area contributed by atoms with Crippen LogP contribution in [0.4, 0.5) is 17.1 Å². The molecule has 4 heteroatoms. The van der Waals surface area contributed by atoms with Gasteiger partial charge in [-0.15, -0.1) is 0 Å². The SMILES string of the molecule is [2H]c1cc2c3c(c1)N(c1ccc(C(C)(C)C)cc1)c1c(cc4c(c1-n1c5ccccc5c5cc6c(cc51)C(C)(C)c1ccccc1-6)-c1ccccc1C4(C)C)B3c1cc(C(C)(C)C)ccc1O2. The molecule has 0 saturated heterocycles. The third kappa shape index (κ3) is 5.16. The van der Waals surface area contributed by atoms with Crippen molar-refractivity contribution in [3.8, 4) is 39.4 Å². The summed E-state index contributed by atoms with van der Waals surface area (Å²) in [4.78, 5) is 2.49. The van der Waals surface area contributed by atoms with Crippen molar-refractivity contribution in [1.82, 2.24) is 4.57 Å². The normalized spacial score (nSPS) is 15.9. The van der Waals surface area contributed by atoms with Crippen LogP contribution in [0.3, 0.4) is 0 Å². The Morgan fingerprint density at radius 2 is 1.17 bits per heavy atom. The van der Waals surface area contributed by atoms with Gasteiger partial charge in [-0.1, -0.05) is 172 Å². The third-order valence-electron chi connectivity index (χ3n) is 15.9. The molecule has 0 amide bonds. The van der Waals surface area contributed by atoms with Crippen LogP contribution < -0.4 is 26.0 Å². The van der Waals surface area contributed by atoms with Crippen molar-refractivity contribution in [2.75, 3.05) is 4.90 Å². The van der Waals surface area contributed by atoms with E-state index in [0.717, 1.165) is 34.0 Å². The van der Waals surface area contributed by atoms with Gasteiger partial charge in [0.15, 0.2) is 0 Å². The van der Waals surface area contributed by atoms with Crippen LogP contribution in [0.5, 0.6) is 11.5 Å². The van der Waals surface area contributed by atoms with E-state index in [1.807, 2.05) is 6.07 Å². The molecule has 0 bridgehead atoms. The quantitative estimate of drug-likeness (QED) is 0.161. The Morgan fingerprint density at radius 1 is 0.515 bits per heavy atom. The molecule has 0 saturated carbocycles. The van der Waals surface area contributed by atoms with Gasteiger partial charge in [0, 0.05) is 38.5 Å². The summed E-state index contributed by atoms with van der Waals surface area (Å²) < 4.78 is 19.1. The van der Waals surface area contributed by atoms with Crippen molar-refractivity contribution in [2.45, 2.75) is 90.9 Å². The first-order valence-corrected chi connectivity index (χ1v) is 23.8. The number of nitrogens with zero attached hydrogens (tertiary/aromatic N) is 2. The predicted octanol–water partition coefficient (Wildman–Crippen LogP) is 14.4. The first kappa shape index (κ1) is 38.5. The molecule has 0 unspecified atom stereocenters. The van der Waals surface area contributed by atoms with Gasteiger partial charge in [-0.3, -0.25) is 0 Å². The molecule has 322 valence electrons. The molecule has 3 nitrogen and oxygen atoms in total. The summed E-state index contributed by atoms with van der Waals surface area (Å²) in [5.74, 6) is 1.61. The van der Waals surface area contributed by atoms with Crippen LogP contribution in [0.15, 0.2) is 152 Å². The standard InChI is InChI=1S/C62H55BN2O/c1-59(2,3)36-26-29-38(30-27-36)64-51-24-17-25-54-56(51)63(48-32-37(60(4,5)6)28-31-53(48)66-54)49-34-47-55(41-20-12-15-22-45(41)62(47,9)10)58(57(49)64)65-50-23-16-13-19-40(50)43-33-42-39-18-11-14-21-44(39)61(7,8)46(42)35-52(43)65/h11-35H,1-10H3/i17D. The Hall–Kier alpha value is -6.78. The Morgan fingerprint density at radius 3 is 1.91 bits per heavy atom. The van der Waals surface area contributed by atoms with Gasteiger partial charge in [0.1, 0.15) is 11.5 Å². The number of hydrogen-bond donors (Lipinski definition) is 0. The van der Waals surface area contributed by atoms with E-state index in [1.54, 1.807) is 0 Å². The van der Waals surface area contributed by atoms with Gasteiger partial charge in [0.05, 0.1) is 23.8 Å². The fraction of sp³-hybridized carbons (Fsp3) is 0.226. The maximum absolute atomic E-state index is 9.45. The van der Waals surface area contributed by atoms with E-state index in [2.05, 4.69) is 218 Å². The van der Waals surface area contributed by atoms with Gasteiger partial charge in [-0.05, 0) is 126 Å². The van der Waals surface area contributed by atoms with E-state index >= 15 is 0 Å². The number of rotatable bonds is 2. The summed E-state index contributed by atoms with van der Waals surface area (Å²) in [6, 6.07) is 55.2. The molecule has 0 spiro atoms. The van der Waals surface area contributed by atoms with Crippen LogP contribution in [0.2, 0.25) is 0 Å². The first-order chi connectivity index (χ1) is 31.9. The van der Waals surface area contributed by atoms with Crippen molar-refractivity contribution >= 4 is 62.0 Å². The smallest absolute Gasteiger partial charge is 0.256 e. The van der Waals surface area contributed by atoms with Crippen LogP contribution in [0.25, 0.3) is 49.7 Å². The largest absolute Gasteiger partial charge is 0.458 e. The molecule has 2 aliphatic heterocycles. The van der Waals surface area contributed by atoms with E-state index in [0.29, 0.717) is 6.04 Å². The molecule has 66 heavy (non-hydrogen) atoms. The molecule has 0 N–H and O–H groups in total. The van der Waals surface area contributed by atoms with Gasteiger partial charge in [-0.25, -0.2) is 0 Å². The van der Waals surface area contributed by atoms with Crippen LogP contribution in [-0.4, -0.2) is 11.3 Å². The molecule has 4 aliphatic rings. The van der Waals surface area contributed by atoms with Gasteiger partial charge in [-0.2, -0.15) is 0 Å². The highest BCUT2D eigenvalue weighted by Gasteiger charge is 2.48. The Balaban J connectivity index is 1.24. The molecular weight excluding hydrogens is 800 g/mol. The number of anilines is 3. The number of ether oxygens (including phenoxy) is 1. The topological polar surface area (TPSA) is 17.4 Å². The van der Waals surface area contributed by atoms with Gasteiger partial charge < -0.3 is 14.2 Å². The van der Waals surface area contributed by atoms with Crippen molar-refractivity contribution in [3.63, 3.8) is 0 Å². The highest BCUT2D eigenvalue weighted by molar-refractivity contribution is 6.99. The Labute approximate surface area is 391 Å². The lowest BCUT2D eigenvalue weighted by Crippen LogP contribution is -2.60. The number of para-hydroxylation sites is 1. The highest BCUT2D eigenvalue weighted by atomic mass is 16.5. The Bertz CT molecular complexity index is 3650. The monoisotopic (exact) mass is 855 g/mol. The van der Waals surface area contributed by atoms with E-state index in [-0.39, 0.29) is 28.4 Å². The van der Waals surface area contributed by atoms with Crippen molar-refractivity contribution in [2.24, 2.45) is 0 Å². The number of benzene rings is 8. The molecule has 3 heterocycles. The van der Waals surface area contributed by atoms with Crippen LogP contribution in [-0.2, 0) is 21.7 Å². The van der Waals surface area contributed by atoms with Crippen LogP contribution in [0, 0.1) is 0 Å². The first-order valence-electron chi connectivity index (χ1n) is 24.3. The van der Waals surface area contributed by atoms with E-state index in [9.17, 15) is 1.37 Å². The molecule has 1 aromatic heterocycles. The van der Waals surface area contributed by atoms with Gasteiger partial charge >= 0.3 is 0 Å². The zero-order chi connectivity index (χ0) is 46.3. The minimum absolute atomic E-state index is 0.0239. The van der Waals surface area contributed by atoms with E-state index in [4.69, 9.17) is 4.74 Å². The fourth-order valence-corrected chi connectivity index (χ4v) is 12.4. The maximum Gasteiger partial charge on any atom is 0.256 e. The lowest BCUT2D eigenvalue weighted by molar-refractivity contribution is 0.486. The molecule has 0 radical (unpaired) electrons. The summed E-state index contributed by atoms with van der Waals surface area (Å²) >= 11 is 0. The van der Waals surface area contributed by atoms with Crippen molar-refractivity contribution in [3.05, 3.63) is 185 Å². The zero-order valence-electron chi connectivity index (χ0n) is 40.7. The van der Waals surface area contributed by atoms with Crippen molar-refractivity contribution < 1.29 is 6.11 Å². The number of fused-ring (bicyclic) bond motifs is 13.